The summed E-state index contributed by atoms with van der Waals surface area (Å²) in [5.74, 6) is 0. The van der Waals surface area contributed by atoms with Crippen molar-refractivity contribution in [3.05, 3.63) is 90.5 Å². The van der Waals surface area contributed by atoms with Crippen LogP contribution in [-0.4, -0.2) is 5.11 Å². The van der Waals surface area contributed by atoms with E-state index in [0.717, 1.165) is 21.9 Å². The summed E-state index contributed by atoms with van der Waals surface area (Å²) < 4.78 is 13.8. The van der Waals surface area contributed by atoms with Crippen LogP contribution < -0.4 is 15.7 Å². The normalized spacial score (nSPS) is 11.2. The first-order chi connectivity index (χ1) is 11.2. The molecular formula is C19H18NO2P. The molecule has 116 valence electrons. The minimum absolute atomic E-state index is 0.00465. The van der Waals surface area contributed by atoms with Crippen LogP contribution in [0, 0.1) is 0 Å². The maximum absolute atomic E-state index is 13.8. The van der Waals surface area contributed by atoms with Gasteiger partial charge in [-0.3, -0.25) is 4.57 Å². The van der Waals surface area contributed by atoms with Crippen LogP contribution in [0.3, 0.4) is 0 Å². The van der Waals surface area contributed by atoms with Crippen LogP contribution in [-0.2, 0) is 11.2 Å². The zero-order chi connectivity index (χ0) is 16.1. The van der Waals surface area contributed by atoms with Crippen LogP contribution in [0.25, 0.3) is 0 Å². The molecule has 0 heterocycles. The Morgan fingerprint density at radius 1 is 0.739 bits per heavy atom. The fourth-order valence-electron chi connectivity index (χ4n) is 2.42. The molecular weight excluding hydrogens is 305 g/mol. The molecule has 0 aromatic heterocycles. The van der Waals surface area contributed by atoms with Crippen LogP contribution in [0.5, 0.6) is 0 Å². The van der Waals surface area contributed by atoms with Crippen molar-refractivity contribution in [2.24, 2.45) is 0 Å². The molecule has 0 spiro atoms. The standard InChI is InChI=1S/C19H18NO2P/c21-15-16-11-13-17(14-12-16)20-23(22,18-7-3-1-4-8-18)19-9-5-2-6-10-19/h1-14,21H,15H2,(H,20,22). The molecule has 0 amide bonds. The highest BCUT2D eigenvalue weighted by molar-refractivity contribution is 7.80. The predicted octanol–water partition coefficient (Wildman–Crippen LogP) is 3.52. The van der Waals surface area contributed by atoms with Gasteiger partial charge in [-0.25, -0.2) is 0 Å². The third-order valence-electron chi connectivity index (χ3n) is 3.66. The van der Waals surface area contributed by atoms with Crippen molar-refractivity contribution in [3.8, 4) is 0 Å². The number of rotatable bonds is 5. The van der Waals surface area contributed by atoms with Gasteiger partial charge < -0.3 is 10.2 Å². The predicted molar refractivity (Wildman–Crippen MR) is 95.7 cm³/mol. The Kier molecular flexibility index (Phi) is 4.61. The molecule has 0 atom stereocenters. The van der Waals surface area contributed by atoms with Crippen molar-refractivity contribution in [2.45, 2.75) is 6.61 Å². The van der Waals surface area contributed by atoms with Gasteiger partial charge in [0.15, 0.2) is 0 Å². The van der Waals surface area contributed by atoms with E-state index in [1.54, 1.807) is 0 Å². The second-order valence-corrected chi connectivity index (χ2v) is 7.72. The molecule has 0 saturated carbocycles. The van der Waals surface area contributed by atoms with E-state index in [-0.39, 0.29) is 6.61 Å². The van der Waals surface area contributed by atoms with Gasteiger partial charge in [0.2, 0.25) is 7.29 Å². The topological polar surface area (TPSA) is 49.3 Å². The minimum Gasteiger partial charge on any atom is -0.392 e. The van der Waals surface area contributed by atoms with E-state index in [1.165, 1.54) is 0 Å². The van der Waals surface area contributed by atoms with Crippen LogP contribution >= 0.6 is 7.29 Å². The zero-order valence-corrected chi connectivity index (χ0v) is 13.5. The van der Waals surface area contributed by atoms with Crippen LogP contribution in [0.1, 0.15) is 5.56 Å². The maximum Gasteiger partial charge on any atom is 0.227 e. The number of hydrogen-bond acceptors (Lipinski definition) is 2. The largest absolute Gasteiger partial charge is 0.392 e. The van der Waals surface area contributed by atoms with Crippen LogP contribution in [0.15, 0.2) is 84.9 Å². The molecule has 0 aliphatic heterocycles. The quantitative estimate of drug-likeness (QED) is 0.706. The molecule has 3 aromatic rings. The van der Waals surface area contributed by atoms with Gasteiger partial charge in [-0.15, -0.1) is 0 Å². The van der Waals surface area contributed by atoms with Gasteiger partial charge in [0.05, 0.1) is 6.61 Å². The van der Waals surface area contributed by atoms with Crippen LogP contribution in [0.4, 0.5) is 5.69 Å². The third kappa shape index (κ3) is 3.37. The van der Waals surface area contributed by atoms with E-state index >= 15 is 0 Å². The number of hydrogen-bond donors (Lipinski definition) is 2. The number of aliphatic hydroxyl groups excluding tert-OH is 1. The molecule has 0 fully saturated rings. The van der Waals surface area contributed by atoms with E-state index < -0.39 is 7.29 Å². The Morgan fingerprint density at radius 2 is 1.22 bits per heavy atom. The lowest BCUT2D eigenvalue weighted by molar-refractivity contribution is 0.282. The first-order valence-electron chi connectivity index (χ1n) is 7.42. The molecule has 3 aromatic carbocycles. The van der Waals surface area contributed by atoms with Crippen LogP contribution in [0.2, 0.25) is 0 Å². The molecule has 0 bridgehead atoms. The van der Waals surface area contributed by atoms with E-state index in [0.29, 0.717) is 0 Å². The molecule has 23 heavy (non-hydrogen) atoms. The summed E-state index contributed by atoms with van der Waals surface area (Å²) in [6.45, 7) is -0.00465. The average Bonchev–Trinajstić information content (AvgIpc) is 2.64. The van der Waals surface area contributed by atoms with E-state index in [2.05, 4.69) is 5.09 Å². The summed E-state index contributed by atoms with van der Waals surface area (Å²) in [6, 6.07) is 26.2. The minimum atomic E-state index is -2.98. The summed E-state index contributed by atoms with van der Waals surface area (Å²) >= 11 is 0. The Bertz CT molecular complexity index is 758. The average molecular weight is 323 g/mol. The van der Waals surface area contributed by atoms with Crippen molar-refractivity contribution in [3.63, 3.8) is 0 Å². The lowest BCUT2D eigenvalue weighted by Gasteiger charge is -2.21. The molecule has 0 aliphatic carbocycles. The fraction of sp³-hybridized carbons (Fsp3) is 0.0526. The molecule has 0 saturated heterocycles. The monoisotopic (exact) mass is 323 g/mol. The summed E-state index contributed by atoms with van der Waals surface area (Å²) in [4.78, 5) is 0. The number of nitrogens with one attached hydrogen (secondary N) is 1. The highest BCUT2D eigenvalue weighted by atomic mass is 31.2. The Morgan fingerprint density at radius 3 is 1.65 bits per heavy atom. The first kappa shape index (κ1) is 15.5. The molecule has 0 aliphatic rings. The smallest absolute Gasteiger partial charge is 0.227 e. The number of benzene rings is 3. The van der Waals surface area contributed by atoms with Gasteiger partial charge in [-0.05, 0) is 42.0 Å². The van der Waals surface area contributed by atoms with Gasteiger partial charge in [-0.1, -0.05) is 48.5 Å². The van der Waals surface area contributed by atoms with E-state index in [9.17, 15) is 4.57 Å². The van der Waals surface area contributed by atoms with Gasteiger partial charge >= 0.3 is 0 Å². The fourth-order valence-corrected chi connectivity index (χ4v) is 4.67. The molecule has 3 nitrogen and oxygen atoms in total. The summed E-state index contributed by atoms with van der Waals surface area (Å²) in [6.07, 6.45) is 0. The van der Waals surface area contributed by atoms with E-state index in [1.807, 2.05) is 84.9 Å². The van der Waals surface area contributed by atoms with Crippen molar-refractivity contribution < 1.29 is 9.67 Å². The summed E-state index contributed by atoms with van der Waals surface area (Å²) in [5, 5.41) is 13.9. The second kappa shape index (κ2) is 6.82. The van der Waals surface area contributed by atoms with E-state index in [4.69, 9.17) is 5.11 Å². The lowest BCUT2D eigenvalue weighted by Crippen LogP contribution is -2.21. The third-order valence-corrected chi connectivity index (χ3v) is 6.29. The van der Waals surface area contributed by atoms with Gasteiger partial charge in [0, 0.05) is 16.3 Å². The summed E-state index contributed by atoms with van der Waals surface area (Å²) in [7, 11) is -2.98. The Labute approximate surface area is 136 Å². The number of anilines is 1. The van der Waals surface area contributed by atoms with Gasteiger partial charge in [0.25, 0.3) is 0 Å². The molecule has 4 heteroatoms. The molecule has 3 rings (SSSR count). The second-order valence-electron chi connectivity index (χ2n) is 5.25. The van der Waals surface area contributed by atoms with Gasteiger partial charge in [-0.2, -0.15) is 0 Å². The van der Waals surface area contributed by atoms with Gasteiger partial charge in [0.1, 0.15) is 0 Å². The summed E-state index contributed by atoms with van der Waals surface area (Å²) in [5.41, 5.74) is 1.59. The number of aliphatic hydroxyl groups is 1. The zero-order valence-electron chi connectivity index (χ0n) is 12.6. The molecule has 2 N–H and O–H groups in total. The maximum atomic E-state index is 13.8. The Hall–Kier alpha value is -2.35. The SMILES string of the molecule is O=P(Nc1ccc(CO)cc1)(c1ccccc1)c1ccccc1. The van der Waals surface area contributed by atoms with Crippen molar-refractivity contribution in [2.75, 3.05) is 5.09 Å². The first-order valence-corrected chi connectivity index (χ1v) is 9.12. The molecule has 0 unspecified atom stereocenters. The molecule has 0 radical (unpaired) electrons. The van der Waals surface area contributed by atoms with Crippen molar-refractivity contribution in [1.29, 1.82) is 0 Å². The van der Waals surface area contributed by atoms with Crippen molar-refractivity contribution in [1.82, 2.24) is 0 Å². The van der Waals surface area contributed by atoms with Crippen molar-refractivity contribution >= 4 is 23.6 Å². The highest BCUT2D eigenvalue weighted by Gasteiger charge is 2.26. The lowest BCUT2D eigenvalue weighted by atomic mass is 10.2. The Balaban J connectivity index is 2.04. The highest BCUT2D eigenvalue weighted by Crippen LogP contribution is 2.43.